The predicted molar refractivity (Wildman–Crippen MR) is 177 cm³/mol. The summed E-state index contributed by atoms with van der Waals surface area (Å²) < 4.78 is 39.7. The Morgan fingerprint density at radius 2 is 1.89 bits per heavy atom. The molecule has 3 N–H and O–H groups in total. The van der Waals surface area contributed by atoms with Gasteiger partial charge in [-0.15, -0.1) is 0 Å². The minimum absolute atomic E-state index is 0.0623. The second kappa shape index (κ2) is 13.2. The van der Waals surface area contributed by atoms with Crippen molar-refractivity contribution in [3.05, 3.63) is 42.6 Å². The van der Waals surface area contributed by atoms with Crippen molar-refractivity contribution < 1.29 is 32.3 Å². The number of aromatic nitrogens is 1. The number of nitrogens with two attached hydrogens (primary N) is 1. The molecule has 0 spiro atoms. The molecule has 2 aliphatic heterocycles. The Hall–Kier alpha value is -3.51. The zero-order chi connectivity index (χ0) is 33.5. The molecule has 47 heavy (non-hydrogen) atoms. The molecule has 1 aromatic heterocycles. The number of pyridine rings is 1. The van der Waals surface area contributed by atoms with Crippen molar-refractivity contribution in [2.24, 2.45) is 28.9 Å². The molecule has 0 radical (unpaired) electrons. The predicted octanol–water partition coefficient (Wildman–Crippen LogP) is 3.90. The molecule has 6 rings (SSSR count). The number of Topliss-reactive ketones (excluding diaryl/α,β-unsaturated/α-hetero) is 1. The number of benzene rings is 1. The SMILES string of the molecule is CC[C@@H]1C[C@H](C)CC/C=C\[C@@H]2C[C@@]2(C(=O)NS(=O)(=O)C2CC2)CC(=O)[C@@H]2C[C@@H](Oc3ncc(OC)c4ccccc34)CN2C(=O)[C@H]1N. The van der Waals surface area contributed by atoms with E-state index in [9.17, 15) is 22.8 Å². The van der Waals surface area contributed by atoms with Crippen LogP contribution in [0.4, 0.5) is 0 Å². The largest absolute Gasteiger partial charge is 0.494 e. The van der Waals surface area contributed by atoms with Crippen molar-refractivity contribution in [2.45, 2.75) is 95.1 Å². The van der Waals surface area contributed by atoms with Gasteiger partial charge in [-0.3, -0.25) is 19.1 Å². The van der Waals surface area contributed by atoms with Crippen LogP contribution in [0.15, 0.2) is 42.6 Å². The van der Waals surface area contributed by atoms with Crippen molar-refractivity contribution in [1.29, 1.82) is 0 Å². The lowest BCUT2D eigenvalue weighted by atomic mass is 9.85. The van der Waals surface area contributed by atoms with E-state index in [4.69, 9.17) is 15.2 Å². The van der Waals surface area contributed by atoms with Gasteiger partial charge in [-0.05, 0) is 62.3 Å². The smallest absolute Gasteiger partial charge is 0.240 e. The third-order valence-electron chi connectivity index (χ3n) is 10.6. The molecule has 12 heteroatoms. The molecule has 0 bridgehead atoms. The van der Waals surface area contributed by atoms with Crippen LogP contribution >= 0.6 is 0 Å². The molecule has 2 amide bonds. The van der Waals surface area contributed by atoms with E-state index in [1.165, 1.54) is 4.90 Å². The Balaban J connectivity index is 1.31. The highest BCUT2D eigenvalue weighted by molar-refractivity contribution is 7.90. The van der Waals surface area contributed by atoms with Crippen LogP contribution in [0.3, 0.4) is 0 Å². The van der Waals surface area contributed by atoms with Gasteiger partial charge in [0, 0.05) is 23.6 Å². The second-order valence-corrected chi connectivity index (χ2v) is 15.9. The lowest BCUT2D eigenvalue weighted by molar-refractivity contribution is -0.141. The summed E-state index contributed by atoms with van der Waals surface area (Å²) in [6.45, 7) is 4.32. The molecule has 254 valence electrons. The first kappa shape index (κ1) is 33.4. The number of hydrogen-bond acceptors (Lipinski definition) is 9. The van der Waals surface area contributed by atoms with Gasteiger partial charge in [-0.25, -0.2) is 13.4 Å². The topological polar surface area (TPSA) is 158 Å². The maximum Gasteiger partial charge on any atom is 0.240 e. The Morgan fingerprint density at radius 3 is 2.60 bits per heavy atom. The highest BCUT2D eigenvalue weighted by atomic mass is 32.2. The Morgan fingerprint density at radius 1 is 1.15 bits per heavy atom. The molecule has 2 aromatic rings. The van der Waals surface area contributed by atoms with Crippen molar-refractivity contribution in [2.75, 3.05) is 13.7 Å². The van der Waals surface area contributed by atoms with Gasteiger partial charge in [0.25, 0.3) is 0 Å². The number of ketones is 1. The first-order chi connectivity index (χ1) is 22.5. The Kier molecular flexibility index (Phi) is 9.37. The van der Waals surface area contributed by atoms with E-state index in [-0.39, 0.29) is 42.9 Å². The maximum absolute atomic E-state index is 14.3. The zero-order valence-corrected chi connectivity index (χ0v) is 28.2. The number of ether oxygens (including phenoxy) is 2. The van der Waals surface area contributed by atoms with E-state index in [0.29, 0.717) is 36.8 Å². The number of fused-ring (bicyclic) bond motifs is 3. The van der Waals surface area contributed by atoms with Crippen LogP contribution < -0.4 is 19.9 Å². The van der Waals surface area contributed by atoms with Crippen LogP contribution in [-0.4, -0.2) is 73.0 Å². The van der Waals surface area contributed by atoms with Gasteiger partial charge in [-0.1, -0.05) is 50.6 Å². The molecule has 4 aliphatic rings. The molecule has 3 fully saturated rings. The van der Waals surface area contributed by atoms with Crippen LogP contribution in [0.2, 0.25) is 0 Å². The molecule has 11 nitrogen and oxygen atoms in total. The minimum Gasteiger partial charge on any atom is -0.494 e. The fourth-order valence-corrected chi connectivity index (χ4v) is 8.86. The van der Waals surface area contributed by atoms with Crippen LogP contribution in [0.5, 0.6) is 11.6 Å². The number of hydrogen-bond donors (Lipinski definition) is 2. The summed E-state index contributed by atoms with van der Waals surface area (Å²) in [5, 5.41) is 1.00. The number of carbonyl (C=O) groups is 3. The molecule has 2 aliphatic carbocycles. The van der Waals surface area contributed by atoms with Crippen LogP contribution in [0.25, 0.3) is 10.8 Å². The van der Waals surface area contributed by atoms with Crippen molar-refractivity contribution >= 4 is 38.4 Å². The fraction of sp³-hybridized carbons (Fsp3) is 0.600. The molecule has 1 saturated heterocycles. The van der Waals surface area contributed by atoms with Gasteiger partial charge in [0.15, 0.2) is 5.78 Å². The first-order valence-electron chi connectivity index (χ1n) is 16.9. The van der Waals surface area contributed by atoms with Crippen molar-refractivity contribution in [3.8, 4) is 11.6 Å². The summed E-state index contributed by atoms with van der Waals surface area (Å²) >= 11 is 0. The summed E-state index contributed by atoms with van der Waals surface area (Å²) in [4.78, 5) is 48.1. The highest BCUT2D eigenvalue weighted by Gasteiger charge is 2.61. The molecule has 2 saturated carbocycles. The van der Waals surface area contributed by atoms with Crippen molar-refractivity contribution in [1.82, 2.24) is 14.6 Å². The number of allylic oxidation sites excluding steroid dienone is 2. The number of nitrogens with zero attached hydrogens (tertiary/aromatic N) is 2. The quantitative estimate of drug-likeness (QED) is 0.418. The standard InChI is InChI=1S/C35H46N4O7S/c1-4-22-15-21(2)9-5-6-10-23-17-35(23,34(42)38-47(43,44)25-13-14-25)18-29(40)28-16-24(20-39(28)33(41)31(22)36)46-32-27-12-8-7-11-26(27)30(45-3)19-37-32/h6-8,10-12,19,21-25,28,31H,4-5,9,13-18,20,36H2,1-3H3,(H,38,42)/b10-6-/t21-,22-,23-,24-,28+,31+,35-/m1/s1. The number of nitrogens with one attached hydrogen (secondary N) is 1. The third kappa shape index (κ3) is 6.76. The van der Waals surface area contributed by atoms with E-state index < -0.39 is 44.8 Å². The number of rotatable bonds is 7. The molecular formula is C35H46N4O7S. The average Bonchev–Trinajstić information content (AvgIpc) is 3.98. The van der Waals surface area contributed by atoms with Crippen LogP contribution in [0.1, 0.15) is 71.6 Å². The number of methoxy groups -OCH3 is 1. The number of carbonyl (C=O) groups excluding carboxylic acids is 3. The van der Waals surface area contributed by atoms with Gasteiger partial charge in [0.1, 0.15) is 11.9 Å². The molecular weight excluding hydrogens is 620 g/mol. The summed E-state index contributed by atoms with van der Waals surface area (Å²) in [7, 11) is -2.22. The van der Waals surface area contributed by atoms with Crippen LogP contribution in [0, 0.1) is 23.2 Å². The lowest BCUT2D eigenvalue weighted by Crippen LogP contribution is -2.52. The van der Waals surface area contributed by atoms with Gasteiger partial charge < -0.3 is 20.1 Å². The third-order valence-corrected chi connectivity index (χ3v) is 12.4. The highest BCUT2D eigenvalue weighted by Crippen LogP contribution is 2.57. The first-order valence-corrected chi connectivity index (χ1v) is 18.4. The van der Waals surface area contributed by atoms with E-state index in [1.807, 2.05) is 43.3 Å². The Labute approximate surface area is 276 Å². The summed E-state index contributed by atoms with van der Waals surface area (Å²) in [5.74, 6) is -0.286. The Bertz CT molecular complexity index is 1670. The van der Waals surface area contributed by atoms with Gasteiger partial charge in [0.2, 0.25) is 27.7 Å². The normalized spacial score (nSPS) is 32.5. The lowest BCUT2D eigenvalue weighted by Gasteiger charge is -2.31. The van der Waals surface area contributed by atoms with E-state index >= 15 is 0 Å². The number of sulfonamides is 1. The monoisotopic (exact) mass is 666 g/mol. The molecule has 0 unspecified atom stereocenters. The summed E-state index contributed by atoms with van der Waals surface area (Å²) in [6.07, 6.45) is 9.65. The second-order valence-electron chi connectivity index (χ2n) is 14.0. The van der Waals surface area contributed by atoms with Gasteiger partial charge in [-0.2, -0.15) is 0 Å². The van der Waals surface area contributed by atoms with Gasteiger partial charge >= 0.3 is 0 Å². The molecule has 3 heterocycles. The van der Waals surface area contributed by atoms with Gasteiger partial charge in [0.05, 0.1) is 42.6 Å². The van der Waals surface area contributed by atoms with Crippen molar-refractivity contribution in [3.63, 3.8) is 0 Å². The van der Waals surface area contributed by atoms with E-state index in [2.05, 4.69) is 16.6 Å². The van der Waals surface area contributed by atoms with E-state index in [1.54, 1.807) is 13.3 Å². The van der Waals surface area contributed by atoms with Crippen LogP contribution in [-0.2, 0) is 24.4 Å². The maximum atomic E-state index is 14.3. The summed E-state index contributed by atoms with van der Waals surface area (Å²) in [5.41, 5.74) is 5.50. The molecule has 7 atom stereocenters. The van der Waals surface area contributed by atoms with E-state index in [0.717, 1.165) is 36.5 Å². The summed E-state index contributed by atoms with van der Waals surface area (Å²) in [6, 6.07) is 5.89. The average molecular weight is 667 g/mol. The number of amides is 2. The zero-order valence-electron chi connectivity index (χ0n) is 27.4. The minimum atomic E-state index is -3.80. The molecule has 1 aromatic carbocycles. The fourth-order valence-electron chi connectivity index (χ4n) is 7.47.